The van der Waals surface area contributed by atoms with E-state index in [1.165, 1.54) is 29.1 Å². The lowest BCUT2D eigenvalue weighted by atomic mass is 9.86. The Morgan fingerprint density at radius 2 is 2.16 bits per heavy atom. The van der Waals surface area contributed by atoms with Gasteiger partial charge < -0.3 is 14.8 Å². The Balaban J connectivity index is 1.36. The molecule has 1 aliphatic carbocycles. The van der Waals surface area contributed by atoms with Crippen molar-refractivity contribution in [2.75, 3.05) is 18.0 Å². The zero-order chi connectivity index (χ0) is 17.2. The Labute approximate surface area is 151 Å². The molecule has 3 heterocycles. The summed E-state index contributed by atoms with van der Waals surface area (Å²) in [6, 6.07) is 0.384. The number of aryl methyl sites for hydroxylation is 1. The third kappa shape index (κ3) is 3.62. The summed E-state index contributed by atoms with van der Waals surface area (Å²) in [5.41, 5.74) is -0.0178. The summed E-state index contributed by atoms with van der Waals surface area (Å²) in [7, 11) is 1.77. The van der Waals surface area contributed by atoms with Gasteiger partial charge in [0.05, 0.1) is 5.01 Å². The number of nitrogens with one attached hydrogen (secondary N) is 1. The summed E-state index contributed by atoms with van der Waals surface area (Å²) in [6.07, 6.45) is 11.6. The summed E-state index contributed by atoms with van der Waals surface area (Å²) < 4.78 is 1.60. The second-order valence-corrected chi connectivity index (χ2v) is 8.27. The molecule has 2 aromatic heterocycles. The van der Waals surface area contributed by atoms with Crippen molar-refractivity contribution in [2.24, 2.45) is 7.05 Å². The Hall–Kier alpha value is -1.73. The molecule has 25 heavy (non-hydrogen) atoms. The van der Waals surface area contributed by atoms with Crippen LogP contribution in [0.3, 0.4) is 0 Å². The number of aromatic nitrogens is 3. The molecule has 1 atom stereocenters. The zero-order valence-electron chi connectivity index (χ0n) is 14.6. The smallest absolute Gasteiger partial charge is 0.293 e. The van der Waals surface area contributed by atoms with Gasteiger partial charge in [-0.25, -0.2) is 9.97 Å². The molecule has 1 aliphatic heterocycles. The largest absolute Gasteiger partial charge is 0.350 e. The first-order valence-corrected chi connectivity index (χ1v) is 9.97. The molecule has 2 aliphatic rings. The lowest BCUT2D eigenvalue weighted by Gasteiger charge is -2.33. The number of piperidine rings is 1. The molecule has 0 spiro atoms. The zero-order valence-corrected chi connectivity index (χ0v) is 15.5. The van der Waals surface area contributed by atoms with Crippen molar-refractivity contribution < 1.29 is 0 Å². The molecule has 7 heteroatoms. The van der Waals surface area contributed by atoms with Gasteiger partial charge in [-0.05, 0) is 25.7 Å². The van der Waals surface area contributed by atoms with E-state index in [-0.39, 0.29) is 5.56 Å². The molecule has 2 fully saturated rings. The second kappa shape index (κ2) is 7.25. The Morgan fingerprint density at radius 1 is 1.28 bits per heavy atom. The Morgan fingerprint density at radius 3 is 2.96 bits per heavy atom. The van der Waals surface area contributed by atoms with Crippen LogP contribution in [0.15, 0.2) is 23.4 Å². The fourth-order valence-corrected chi connectivity index (χ4v) is 4.57. The van der Waals surface area contributed by atoms with Crippen LogP contribution < -0.4 is 15.8 Å². The van der Waals surface area contributed by atoms with Gasteiger partial charge in [-0.1, -0.05) is 6.42 Å². The van der Waals surface area contributed by atoms with Crippen molar-refractivity contribution in [3.63, 3.8) is 0 Å². The molecule has 1 saturated carbocycles. The lowest BCUT2D eigenvalue weighted by molar-refractivity contribution is 0.418. The van der Waals surface area contributed by atoms with E-state index in [0.29, 0.717) is 17.8 Å². The van der Waals surface area contributed by atoms with Crippen LogP contribution in [0, 0.1) is 0 Å². The molecule has 4 rings (SSSR count). The standard InChI is InChI=1S/C18H25N5OS/c1-22-9-7-19-16(18(22)24)23-8-3-6-14(12-23)20-10-15-11-21-17(25-15)13-4-2-5-13/h7,9,11,13-14,20H,2-6,8,10,12H2,1H3. The number of hydrogen-bond donors (Lipinski definition) is 1. The van der Waals surface area contributed by atoms with Gasteiger partial charge in [0, 0.05) is 62.1 Å². The van der Waals surface area contributed by atoms with Crippen molar-refractivity contribution >= 4 is 17.2 Å². The third-order valence-corrected chi connectivity index (χ3v) is 6.47. The van der Waals surface area contributed by atoms with Crippen LogP contribution >= 0.6 is 11.3 Å². The summed E-state index contributed by atoms with van der Waals surface area (Å²) >= 11 is 1.85. The lowest BCUT2D eigenvalue weighted by Crippen LogP contribution is -2.47. The van der Waals surface area contributed by atoms with Crippen LogP contribution in [0.4, 0.5) is 5.82 Å². The summed E-state index contributed by atoms with van der Waals surface area (Å²) in [5.74, 6) is 1.28. The van der Waals surface area contributed by atoms with Crippen molar-refractivity contribution in [3.8, 4) is 0 Å². The van der Waals surface area contributed by atoms with E-state index in [9.17, 15) is 4.79 Å². The average Bonchev–Trinajstić information content (AvgIpc) is 3.02. The molecule has 134 valence electrons. The van der Waals surface area contributed by atoms with Crippen molar-refractivity contribution in [1.82, 2.24) is 19.9 Å². The summed E-state index contributed by atoms with van der Waals surface area (Å²) in [4.78, 5) is 24.6. The van der Waals surface area contributed by atoms with E-state index in [4.69, 9.17) is 0 Å². The highest BCUT2D eigenvalue weighted by Gasteiger charge is 2.24. The van der Waals surface area contributed by atoms with Gasteiger partial charge in [0.1, 0.15) is 0 Å². The average molecular weight is 359 g/mol. The third-order valence-electron chi connectivity index (χ3n) is 5.31. The van der Waals surface area contributed by atoms with Crippen LogP contribution in [-0.2, 0) is 13.6 Å². The number of thiazole rings is 1. The van der Waals surface area contributed by atoms with Crippen LogP contribution in [0.2, 0.25) is 0 Å². The van der Waals surface area contributed by atoms with Gasteiger partial charge in [-0.3, -0.25) is 4.79 Å². The minimum Gasteiger partial charge on any atom is -0.350 e. The number of nitrogens with zero attached hydrogens (tertiary/aromatic N) is 4. The maximum Gasteiger partial charge on any atom is 0.293 e. The highest BCUT2D eigenvalue weighted by atomic mass is 32.1. The van der Waals surface area contributed by atoms with Gasteiger partial charge in [-0.15, -0.1) is 11.3 Å². The van der Waals surface area contributed by atoms with E-state index < -0.39 is 0 Å². The minimum absolute atomic E-state index is 0.0178. The highest BCUT2D eigenvalue weighted by molar-refractivity contribution is 7.11. The molecule has 0 radical (unpaired) electrons. The molecular weight excluding hydrogens is 334 g/mol. The summed E-state index contributed by atoms with van der Waals surface area (Å²) in [6.45, 7) is 2.60. The molecule has 1 N–H and O–H groups in total. The van der Waals surface area contributed by atoms with E-state index in [2.05, 4.69) is 20.2 Å². The predicted octanol–water partition coefficient (Wildman–Crippen LogP) is 2.26. The van der Waals surface area contributed by atoms with Gasteiger partial charge in [0.25, 0.3) is 5.56 Å². The Kier molecular flexibility index (Phi) is 4.85. The van der Waals surface area contributed by atoms with Gasteiger partial charge in [-0.2, -0.15) is 0 Å². The first-order chi connectivity index (χ1) is 12.2. The maximum atomic E-state index is 12.3. The first kappa shape index (κ1) is 16.7. The fraction of sp³-hybridized carbons (Fsp3) is 0.611. The van der Waals surface area contributed by atoms with Crippen molar-refractivity contribution in [2.45, 2.75) is 50.6 Å². The predicted molar refractivity (Wildman–Crippen MR) is 100 cm³/mol. The van der Waals surface area contributed by atoms with Crippen LogP contribution in [0.1, 0.15) is 47.9 Å². The van der Waals surface area contributed by atoms with E-state index in [0.717, 1.165) is 32.5 Å². The fourth-order valence-electron chi connectivity index (χ4n) is 3.53. The molecule has 6 nitrogen and oxygen atoms in total. The number of rotatable bonds is 5. The van der Waals surface area contributed by atoms with E-state index >= 15 is 0 Å². The van der Waals surface area contributed by atoms with Crippen LogP contribution in [0.25, 0.3) is 0 Å². The molecule has 2 aromatic rings. The van der Waals surface area contributed by atoms with Crippen LogP contribution in [0.5, 0.6) is 0 Å². The van der Waals surface area contributed by atoms with E-state index in [1.54, 1.807) is 24.0 Å². The molecular formula is C18H25N5OS. The minimum atomic E-state index is -0.0178. The van der Waals surface area contributed by atoms with Gasteiger partial charge in [0.2, 0.25) is 0 Å². The molecule has 0 bridgehead atoms. The number of hydrogen-bond acceptors (Lipinski definition) is 6. The van der Waals surface area contributed by atoms with Crippen LogP contribution in [-0.4, -0.2) is 33.7 Å². The second-order valence-electron chi connectivity index (χ2n) is 7.13. The van der Waals surface area contributed by atoms with Gasteiger partial charge in [0.15, 0.2) is 5.82 Å². The Bertz CT molecular complexity index is 782. The van der Waals surface area contributed by atoms with Crippen molar-refractivity contribution in [3.05, 3.63) is 38.8 Å². The highest BCUT2D eigenvalue weighted by Crippen LogP contribution is 2.38. The maximum absolute atomic E-state index is 12.3. The molecule has 0 aromatic carbocycles. The SMILES string of the molecule is Cn1ccnc(N2CCCC(NCc3cnc(C4CCC4)s3)C2)c1=O. The first-order valence-electron chi connectivity index (χ1n) is 9.15. The summed E-state index contributed by atoms with van der Waals surface area (Å²) in [5, 5.41) is 4.96. The monoisotopic (exact) mass is 359 g/mol. The normalized spacial score (nSPS) is 21.3. The number of anilines is 1. The van der Waals surface area contributed by atoms with Gasteiger partial charge >= 0.3 is 0 Å². The molecule has 0 amide bonds. The topological polar surface area (TPSA) is 63.1 Å². The molecule has 1 saturated heterocycles. The van der Waals surface area contributed by atoms with E-state index in [1.807, 2.05) is 17.5 Å². The van der Waals surface area contributed by atoms with Crippen molar-refractivity contribution in [1.29, 1.82) is 0 Å². The molecule has 1 unspecified atom stereocenters. The quantitative estimate of drug-likeness (QED) is 0.887.